The summed E-state index contributed by atoms with van der Waals surface area (Å²) in [6.45, 7) is -0.0594. The number of fused-ring (bicyclic) bond motifs is 1. The lowest BCUT2D eigenvalue weighted by atomic mass is 10.1. The third kappa shape index (κ3) is 4.59. The smallest absolute Gasteiger partial charge is 0.351 e. The number of anilines is 1. The molecule has 3 rings (SSSR count). The van der Waals surface area contributed by atoms with Crippen molar-refractivity contribution in [1.29, 1.82) is 0 Å². The zero-order chi connectivity index (χ0) is 20.8. The Morgan fingerprint density at radius 2 is 1.90 bits per heavy atom. The molecule has 1 aromatic heterocycles. The Labute approximate surface area is 166 Å². The number of carbonyl (C=O) groups excluding carboxylic acids is 2. The summed E-state index contributed by atoms with van der Waals surface area (Å²) in [6.07, 6.45) is 2.81. The van der Waals surface area contributed by atoms with Gasteiger partial charge in [0.05, 0.1) is 12.5 Å². The van der Waals surface area contributed by atoms with Crippen LogP contribution in [0.25, 0.3) is 17.0 Å². The predicted molar refractivity (Wildman–Crippen MR) is 109 cm³/mol. The maximum Gasteiger partial charge on any atom is 0.351 e. The lowest BCUT2D eigenvalue weighted by Gasteiger charge is -2.08. The van der Waals surface area contributed by atoms with Gasteiger partial charge in [-0.2, -0.15) is 0 Å². The molecule has 0 unspecified atom stereocenters. The summed E-state index contributed by atoms with van der Waals surface area (Å²) in [4.78, 5) is 36.7. The summed E-state index contributed by atoms with van der Waals surface area (Å²) in [7, 11) is 2.83. The highest BCUT2D eigenvalue weighted by molar-refractivity contribution is 6.10. The average molecular weight is 393 g/mol. The van der Waals surface area contributed by atoms with E-state index in [2.05, 4.69) is 5.32 Å². The molecule has 7 heteroatoms. The fourth-order valence-corrected chi connectivity index (χ4v) is 2.85. The summed E-state index contributed by atoms with van der Waals surface area (Å²) in [5, 5.41) is 3.22. The first-order valence-electron chi connectivity index (χ1n) is 8.74. The van der Waals surface area contributed by atoms with Crippen molar-refractivity contribution in [2.75, 3.05) is 26.1 Å². The van der Waals surface area contributed by atoms with E-state index in [-0.39, 0.29) is 23.8 Å². The van der Waals surface area contributed by atoms with E-state index >= 15 is 0 Å². The molecule has 0 saturated heterocycles. The number of para-hydroxylation sites is 1. The Kier molecular flexibility index (Phi) is 6.21. The van der Waals surface area contributed by atoms with E-state index in [4.69, 9.17) is 13.9 Å². The van der Waals surface area contributed by atoms with Crippen molar-refractivity contribution < 1.29 is 23.5 Å². The lowest BCUT2D eigenvalue weighted by Crippen LogP contribution is -2.17. The summed E-state index contributed by atoms with van der Waals surface area (Å²) >= 11 is 0. The number of nitrogens with one attached hydrogen (secondary N) is 1. The van der Waals surface area contributed by atoms with Gasteiger partial charge in [-0.3, -0.25) is 9.59 Å². The van der Waals surface area contributed by atoms with Crippen molar-refractivity contribution in [3.8, 4) is 5.75 Å². The minimum absolute atomic E-state index is 0.0594. The normalized spacial score (nSPS) is 11.0. The number of benzene rings is 2. The summed E-state index contributed by atoms with van der Waals surface area (Å²) in [5.41, 5.74) is 0.624. The zero-order valence-corrected chi connectivity index (χ0v) is 15.9. The first kappa shape index (κ1) is 20.0. The van der Waals surface area contributed by atoms with Crippen LogP contribution >= 0.6 is 0 Å². The molecule has 0 aliphatic heterocycles. The first-order chi connectivity index (χ1) is 14.0. The van der Waals surface area contributed by atoms with E-state index in [0.29, 0.717) is 22.2 Å². The molecule has 7 nitrogen and oxygen atoms in total. The number of hydrogen-bond donors (Lipinski definition) is 1. The molecule has 2 aromatic carbocycles. The minimum Gasteiger partial charge on any atom is -0.495 e. The molecule has 1 amide bonds. The minimum atomic E-state index is -0.768. The van der Waals surface area contributed by atoms with Crippen molar-refractivity contribution in [3.05, 3.63) is 76.2 Å². The molecular weight excluding hydrogens is 374 g/mol. The second kappa shape index (κ2) is 8.99. The van der Waals surface area contributed by atoms with Gasteiger partial charge in [0.2, 0.25) is 5.91 Å². The molecule has 3 aromatic rings. The summed E-state index contributed by atoms with van der Waals surface area (Å²) < 4.78 is 15.3. The zero-order valence-electron chi connectivity index (χ0n) is 15.9. The van der Waals surface area contributed by atoms with Gasteiger partial charge in [-0.25, -0.2) is 4.79 Å². The molecule has 1 heterocycles. The summed E-state index contributed by atoms with van der Waals surface area (Å²) in [5.74, 6) is -0.662. The van der Waals surface area contributed by atoms with E-state index in [1.807, 2.05) is 0 Å². The molecule has 0 aliphatic carbocycles. The van der Waals surface area contributed by atoms with Crippen molar-refractivity contribution >= 4 is 34.4 Å². The SMILES string of the molecule is COCC(=O)Nc1cccc(/C=C/C(=O)c2c(OC)c3ccccc3oc2=O)c1. The van der Waals surface area contributed by atoms with Crippen LogP contribution in [0.3, 0.4) is 0 Å². The monoisotopic (exact) mass is 393 g/mol. The highest BCUT2D eigenvalue weighted by Crippen LogP contribution is 2.27. The average Bonchev–Trinajstić information content (AvgIpc) is 2.71. The number of allylic oxidation sites excluding steroid dienone is 1. The molecule has 0 bridgehead atoms. The molecule has 148 valence electrons. The van der Waals surface area contributed by atoms with Crippen molar-refractivity contribution in [2.45, 2.75) is 0 Å². The van der Waals surface area contributed by atoms with Gasteiger partial charge in [-0.1, -0.05) is 30.3 Å². The first-order valence-corrected chi connectivity index (χ1v) is 8.74. The third-order valence-electron chi connectivity index (χ3n) is 4.09. The summed E-state index contributed by atoms with van der Waals surface area (Å²) in [6, 6.07) is 13.7. The van der Waals surface area contributed by atoms with Gasteiger partial charge in [-0.05, 0) is 35.9 Å². The number of ether oxygens (including phenoxy) is 2. The Bertz CT molecular complexity index is 1150. The third-order valence-corrected chi connectivity index (χ3v) is 4.09. The predicted octanol–water partition coefficient (Wildman–Crippen LogP) is 3.28. The van der Waals surface area contributed by atoms with E-state index in [1.54, 1.807) is 54.6 Å². The van der Waals surface area contributed by atoms with Crippen LogP contribution in [0, 0.1) is 0 Å². The Balaban J connectivity index is 1.89. The largest absolute Gasteiger partial charge is 0.495 e. The van der Waals surface area contributed by atoms with Crippen LogP contribution in [0.15, 0.2) is 63.8 Å². The molecule has 0 atom stereocenters. The van der Waals surface area contributed by atoms with Gasteiger partial charge < -0.3 is 19.2 Å². The van der Waals surface area contributed by atoms with E-state index in [0.717, 1.165) is 0 Å². The van der Waals surface area contributed by atoms with Crippen LogP contribution in [0.2, 0.25) is 0 Å². The van der Waals surface area contributed by atoms with Gasteiger partial charge in [-0.15, -0.1) is 0 Å². The standard InChI is InChI=1S/C22H19NO6/c1-27-13-19(25)23-15-7-5-6-14(12-15)10-11-17(24)20-21(28-2)16-8-3-4-9-18(16)29-22(20)26/h3-12H,13H2,1-2H3,(H,23,25)/b11-10+. The second-order valence-electron chi connectivity index (χ2n) is 6.10. The van der Waals surface area contributed by atoms with Gasteiger partial charge in [0.25, 0.3) is 0 Å². The van der Waals surface area contributed by atoms with Crippen LogP contribution in [-0.4, -0.2) is 32.5 Å². The highest BCUT2D eigenvalue weighted by Gasteiger charge is 2.20. The number of rotatable bonds is 7. The molecule has 1 N–H and O–H groups in total. The van der Waals surface area contributed by atoms with E-state index < -0.39 is 11.4 Å². The van der Waals surface area contributed by atoms with Crippen molar-refractivity contribution in [2.24, 2.45) is 0 Å². The fraction of sp³-hybridized carbons (Fsp3) is 0.136. The molecule has 0 fully saturated rings. The molecule has 0 radical (unpaired) electrons. The number of methoxy groups -OCH3 is 2. The van der Waals surface area contributed by atoms with Crippen molar-refractivity contribution in [1.82, 2.24) is 0 Å². The number of amides is 1. The lowest BCUT2D eigenvalue weighted by molar-refractivity contribution is -0.119. The van der Waals surface area contributed by atoms with Gasteiger partial charge >= 0.3 is 5.63 Å². The maximum atomic E-state index is 12.7. The number of ketones is 1. The molecular formula is C22H19NO6. The maximum absolute atomic E-state index is 12.7. The number of carbonyl (C=O) groups is 2. The van der Waals surface area contributed by atoms with Crippen LogP contribution in [0.4, 0.5) is 5.69 Å². The number of hydrogen-bond acceptors (Lipinski definition) is 6. The quantitative estimate of drug-likeness (QED) is 0.376. The van der Waals surface area contributed by atoms with Crippen LogP contribution in [0.5, 0.6) is 5.75 Å². The second-order valence-corrected chi connectivity index (χ2v) is 6.10. The Morgan fingerprint density at radius 1 is 1.10 bits per heavy atom. The highest BCUT2D eigenvalue weighted by atomic mass is 16.5. The Morgan fingerprint density at radius 3 is 2.66 bits per heavy atom. The van der Waals surface area contributed by atoms with Crippen LogP contribution < -0.4 is 15.7 Å². The molecule has 0 spiro atoms. The van der Waals surface area contributed by atoms with Gasteiger partial charge in [0, 0.05) is 12.8 Å². The molecule has 29 heavy (non-hydrogen) atoms. The topological polar surface area (TPSA) is 94.8 Å². The molecule has 0 aliphatic rings. The Hall–Kier alpha value is -3.71. The van der Waals surface area contributed by atoms with Gasteiger partial charge in [0.1, 0.15) is 23.5 Å². The fourth-order valence-electron chi connectivity index (χ4n) is 2.85. The van der Waals surface area contributed by atoms with Crippen molar-refractivity contribution in [3.63, 3.8) is 0 Å². The van der Waals surface area contributed by atoms with Crippen LogP contribution in [-0.2, 0) is 9.53 Å². The van der Waals surface area contributed by atoms with E-state index in [1.165, 1.54) is 20.3 Å². The molecule has 0 saturated carbocycles. The van der Waals surface area contributed by atoms with E-state index in [9.17, 15) is 14.4 Å². The van der Waals surface area contributed by atoms with Crippen LogP contribution in [0.1, 0.15) is 15.9 Å². The van der Waals surface area contributed by atoms with Gasteiger partial charge in [0.15, 0.2) is 5.78 Å².